The Balaban J connectivity index is 2.21. The number of para-hydroxylation sites is 1. The summed E-state index contributed by atoms with van der Waals surface area (Å²) >= 11 is 0. The van der Waals surface area contributed by atoms with Crippen LogP contribution in [0.5, 0.6) is 5.75 Å². The van der Waals surface area contributed by atoms with E-state index in [1.54, 1.807) is 24.3 Å². The van der Waals surface area contributed by atoms with Gasteiger partial charge in [0.15, 0.2) is 0 Å². The molecule has 0 spiro atoms. The molecule has 5 heteroatoms. The molecule has 0 saturated heterocycles. The predicted molar refractivity (Wildman–Crippen MR) is 80.5 cm³/mol. The van der Waals surface area contributed by atoms with Gasteiger partial charge in [-0.25, -0.2) is 4.39 Å². The molecule has 0 aromatic heterocycles. The summed E-state index contributed by atoms with van der Waals surface area (Å²) in [6, 6.07) is 13.2. The van der Waals surface area contributed by atoms with Crippen molar-refractivity contribution in [2.75, 3.05) is 0 Å². The Morgan fingerprint density at radius 2 is 2.09 bits per heavy atom. The number of ether oxygens (including phenoxy) is 1. The van der Waals surface area contributed by atoms with Crippen LogP contribution in [0.25, 0.3) is 0 Å². The molecule has 22 heavy (non-hydrogen) atoms. The quantitative estimate of drug-likeness (QED) is 0.518. The minimum Gasteiger partial charge on any atom is -0.488 e. The van der Waals surface area contributed by atoms with Crippen molar-refractivity contribution in [2.24, 2.45) is 5.16 Å². The number of benzene rings is 2. The van der Waals surface area contributed by atoms with E-state index in [0.29, 0.717) is 29.0 Å². The molecule has 2 aromatic rings. The van der Waals surface area contributed by atoms with Gasteiger partial charge in [0.25, 0.3) is 0 Å². The van der Waals surface area contributed by atoms with Crippen molar-refractivity contribution in [1.29, 1.82) is 5.26 Å². The first kappa shape index (κ1) is 15.5. The fourth-order valence-corrected chi connectivity index (χ4v) is 2.04. The molecular formula is C17H15FN2O2. The second kappa shape index (κ2) is 7.23. The van der Waals surface area contributed by atoms with Crippen LogP contribution in [0.3, 0.4) is 0 Å². The number of nitrogens with zero attached hydrogens (tertiary/aromatic N) is 2. The van der Waals surface area contributed by atoms with Gasteiger partial charge in [0.1, 0.15) is 18.2 Å². The molecule has 0 saturated carbocycles. The van der Waals surface area contributed by atoms with Crippen molar-refractivity contribution in [3.63, 3.8) is 0 Å². The summed E-state index contributed by atoms with van der Waals surface area (Å²) in [6.45, 7) is 1.89. The van der Waals surface area contributed by atoms with Crippen LogP contribution in [-0.4, -0.2) is 10.9 Å². The number of nitriles is 1. The van der Waals surface area contributed by atoms with Crippen LogP contribution in [-0.2, 0) is 6.61 Å². The second-order valence-corrected chi connectivity index (χ2v) is 4.60. The van der Waals surface area contributed by atoms with Crippen LogP contribution in [0.1, 0.15) is 30.0 Å². The van der Waals surface area contributed by atoms with Gasteiger partial charge in [0.05, 0.1) is 17.3 Å². The van der Waals surface area contributed by atoms with Crippen molar-refractivity contribution in [3.8, 4) is 11.8 Å². The lowest BCUT2D eigenvalue weighted by Crippen LogP contribution is -2.05. The molecule has 2 aromatic carbocycles. The van der Waals surface area contributed by atoms with Crippen LogP contribution in [0.15, 0.2) is 47.6 Å². The van der Waals surface area contributed by atoms with Crippen LogP contribution >= 0.6 is 0 Å². The highest BCUT2D eigenvalue weighted by Crippen LogP contribution is 2.22. The third kappa shape index (κ3) is 3.41. The Kier molecular flexibility index (Phi) is 5.10. The molecule has 4 nitrogen and oxygen atoms in total. The summed E-state index contributed by atoms with van der Waals surface area (Å²) in [5.41, 5.74) is 1.78. The lowest BCUT2D eigenvalue weighted by molar-refractivity contribution is 0.297. The fourth-order valence-electron chi connectivity index (χ4n) is 2.04. The minimum absolute atomic E-state index is 0.0248. The molecule has 2 rings (SSSR count). The van der Waals surface area contributed by atoms with Gasteiger partial charge >= 0.3 is 0 Å². The number of halogens is 1. The zero-order valence-electron chi connectivity index (χ0n) is 12.1. The van der Waals surface area contributed by atoms with Crippen LogP contribution < -0.4 is 4.74 Å². The van der Waals surface area contributed by atoms with Crippen LogP contribution in [0.4, 0.5) is 4.39 Å². The molecule has 112 valence electrons. The third-order valence-electron chi connectivity index (χ3n) is 3.22. The first-order valence-corrected chi connectivity index (χ1v) is 6.81. The molecule has 0 radical (unpaired) electrons. The summed E-state index contributed by atoms with van der Waals surface area (Å²) in [5.74, 6) is 0.0315. The molecule has 0 amide bonds. The Hall–Kier alpha value is -2.87. The van der Waals surface area contributed by atoms with E-state index in [2.05, 4.69) is 5.16 Å². The van der Waals surface area contributed by atoms with E-state index < -0.39 is 5.82 Å². The van der Waals surface area contributed by atoms with E-state index in [-0.39, 0.29) is 12.2 Å². The highest BCUT2D eigenvalue weighted by atomic mass is 19.1. The van der Waals surface area contributed by atoms with Gasteiger partial charge in [-0.15, -0.1) is 0 Å². The summed E-state index contributed by atoms with van der Waals surface area (Å²) in [4.78, 5) is 0. The molecule has 0 bridgehead atoms. The minimum atomic E-state index is -0.483. The fraction of sp³-hybridized carbons (Fsp3) is 0.176. The van der Waals surface area contributed by atoms with Crippen molar-refractivity contribution >= 4 is 5.71 Å². The summed E-state index contributed by atoms with van der Waals surface area (Å²) < 4.78 is 19.5. The van der Waals surface area contributed by atoms with E-state index >= 15 is 0 Å². The lowest BCUT2D eigenvalue weighted by Gasteiger charge is -2.12. The first-order chi connectivity index (χ1) is 10.7. The Bertz CT molecular complexity index is 736. The highest BCUT2D eigenvalue weighted by molar-refractivity contribution is 6.02. The van der Waals surface area contributed by atoms with E-state index in [9.17, 15) is 4.39 Å². The average molecular weight is 298 g/mol. The molecule has 0 atom stereocenters. The number of oxime groups is 1. The SMILES string of the molecule is CC/C(=N\O)c1ccccc1OCc1ccc(C#N)cc1F. The first-order valence-electron chi connectivity index (χ1n) is 6.81. The predicted octanol–water partition coefficient (Wildman–Crippen LogP) is 3.86. The van der Waals surface area contributed by atoms with Crippen LogP contribution in [0, 0.1) is 17.1 Å². The standard InChI is InChI=1S/C17H15FN2O2/c1-2-16(20-21)14-5-3-4-6-17(14)22-11-13-8-7-12(10-19)9-15(13)18/h3-9,21H,2,11H2,1H3/b20-16+. The topological polar surface area (TPSA) is 65.6 Å². The van der Waals surface area contributed by atoms with Crippen LogP contribution in [0.2, 0.25) is 0 Å². The number of hydrogen-bond acceptors (Lipinski definition) is 4. The maximum atomic E-state index is 13.8. The van der Waals surface area contributed by atoms with E-state index in [1.807, 2.05) is 19.1 Å². The lowest BCUT2D eigenvalue weighted by atomic mass is 10.1. The van der Waals surface area contributed by atoms with Gasteiger partial charge in [-0.05, 0) is 30.7 Å². The van der Waals surface area contributed by atoms with E-state index in [4.69, 9.17) is 15.2 Å². The van der Waals surface area contributed by atoms with E-state index in [0.717, 1.165) is 0 Å². The van der Waals surface area contributed by atoms with Crippen molar-refractivity contribution in [1.82, 2.24) is 0 Å². The second-order valence-electron chi connectivity index (χ2n) is 4.60. The zero-order chi connectivity index (χ0) is 15.9. The van der Waals surface area contributed by atoms with Gasteiger partial charge in [-0.2, -0.15) is 5.26 Å². The zero-order valence-corrected chi connectivity index (χ0v) is 12.1. The van der Waals surface area contributed by atoms with Gasteiger partial charge in [-0.3, -0.25) is 0 Å². The maximum Gasteiger partial charge on any atom is 0.131 e. The molecule has 0 aliphatic rings. The third-order valence-corrected chi connectivity index (χ3v) is 3.22. The Labute approximate surface area is 128 Å². The van der Waals surface area contributed by atoms with Gasteiger partial charge in [0, 0.05) is 11.1 Å². The van der Waals surface area contributed by atoms with Gasteiger partial charge in [-0.1, -0.05) is 30.3 Å². The Morgan fingerprint density at radius 3 is 2.73 bits per heavy atom. The van der Waals surface area contributed by atoms with Crippen molar-refractivity contribution in [3.05, 3.63) is 65.0 Å². The number of rotatable bonds is 5. The number of hydrogen-bond donors (Lipinski definition) is 1. The van der Waals surface area contributed by atoms with Crippen molar-refractivity contribution in [2.45, 2.75) is 20.0 Å². The molecule has 0 fully saturated rings. The summed E-state index contributed by atoms with van der Waals surface area (Å²) in [7, 11) is 0. The maximum absolute atomic E-state index is 13.8. The van der Waals surface area contributed by atoms with Gasteiger partial charge in [0.2, 0.25) is 0 Å². The molecule has 1 N–H and O–H groups in total. The normalized spacial score (nSPS) is 11.0. The van der Waals surface area contributed by atoms with Gasteiger partial charge < -0.3 is 9.94 Å². The summed E-state index contributed by atoms with van der Waals surface area (Å²) in [6.07, 6.45) is 0.544. The monoisotopic (exact) mass is 298 g/mol. The molecule has 0 unspecified atom stereocenters. The molecule has 0 heterocycles. The van der Waals surface area contributed by atoms with Crippen molar-refractivity contribution < 1.29 is 14.3 Å². The molecular weight excluding hydrogens is 283 g/mol. The largest absolute Gasteiger partial charge is 0.488 e. The summed E-state index contributed by atoms with van der Waals surface area (Å²) in [5, 5.41) is 21.0. The average Bonchev–Trinajstić information content (AvgIpc) is 2.56. The highest BCUT2D eigenvalue weighted by Gasteiger charge is 2.11. The van der Waals surface area contributed by atoms with E-state index in [1.165, 1.54) is 12.1 Å². The smallest absolute Gasteiger partial charge is 0.131 e. The molecule has 0 aliphatic carbocycles. The molecule has 0 aliphatic heterocycles. The Morgan fingerprint density at radius 1 is 1.32 bits per heavy atom.